The average molecular weight is 397 g/mol. The molecule has 4 rings (SSSR count). The third-order valence-corrected chi connectivity index (χ3v) is 5.96. The quantitative estimate of drug-likeness (QED) is 0.562. The van der Waals surface area contributed by atoms with Crippen molar-refractivity contribution in [3.8, 4) is 11.3 Å². The second-order valence-electron chi connectivity index (χ2n) is 7.59. The molecule has 1 aromatic heterocycles. The Kier molecular flexibility index (Phi) is 5.30. The number of nitrogens with zero attached hydrogens (tertiary/aromatic N) is 3. The largest absolute Gasteiger partial charge is 0.461 e. The SMILES string of the molecule is CCOC(=O)c1ncn(C2CCCCC23CN3C(=O)OCC)c1-c1ccccc1. The van der Waals surface area contributed by atoms with Crippen LogP contribution in [0.25, 0.3) is 11.3 Å². The molecular weight excluding hydrogens is 370 g/mol. The first kappa shape index (κ1) is 19.5. The molecule has 0 bridgehead atoms. The van der Waals surface area contributed by atoms with Crippen LogP contribution in [-0.2, 0) is 9.47 Å². The predicted molar refractivity (Wildman–Crippen MR) is 108 cm³/mol. The van der Waals surface area contributed by atoms with Crippen molar-refractivity contribution >= 4 is 12.1 Å². The van der Waals surface area contributed by atoms with E-state index in [1.54, 1.807) is 13.3 Å². The van der Waals surface area contributed by atoms with Crippen LogP contribution in [-0.4, -0.2) is 51.8 Å². The lowest BCUT2D eigenvalue weighted by Crippen LogP contribution is -2.37. The van der Waals surface area contributed by atoms with E-state index in [9.17, 15) is 9.59 Å². The van der Waals surface area contributed by atoms with Crippen molar-refractivity contribution in [1.82, 2.24) is 14.5 Å². The Hall–Kier alpha value is -2.83. The zero-order chi connectivity index (χ0) is 20.4. The van der Waals surface area contributed by atoms with Gasteiger partial charge < -0.3 is 14.0 Å². The van der Waals surface area contributed by atoms with Crippen molar-refractivity contribution in [3.05, 3.63) is 42.4 Å². The van der Waals surface area contributed by atoms with E-state index in [1.165, 1.54) is 0 Å². The van der Waals surface area contributed by atoms with Gasteiger partial charge in [0.15, 0.2) is 5.69 Å². The molecule has 29 heavy (non-hydrogen) atoms. The predicted octanol–water partition coefficient (Wildman–Crippen LogP) is 4.05. The fourth-order valence-corrected chi connectivity index (χ4v) is 4.62. The van der Waals surface area contributed by atoms with Crippen molar-refractivity contribution < 1.29 is 19.1 Å². The van der Waals surface area contributed by atoms with E-state index < -0.39 is 5.97 Å². The molecule has 154 valence electrons. The summed E-state index contributed by atoms with van der Waals surface area (Å²) < 4.78 is 12.6. The summed E-state index contributed by atoms with van der Waals surface area (Å²) in [6.07, 6.45) is 5.47. The van der Waals surface area contributed by atoms with E-state index in [0.29, 0.717) is 25.5 Å². The molecule has 1 aliphatic carbocycles. The Morgan fingerprint density at radius 1 is 1.14 bits per heavy atom. The number of esters is 1. The number of rotatable bonds is 5. The topological polar surface area (TPSA) is 73.4 Å². The lowest BCUT2D eigenvalue weighted by molar-refractivity contribution is 0.0520. The van der Waals surface area contributed by atoms with E-state index in [1.807, 2.05) is 42.2 Å². The van der Waals surface area contributed by atoms with Crippen LogP contribution < -0.4 is 0 Å². The first-order valence-electron chi connectivity index (χ1n) is 10.4. The number of benzene rings is 1. The van der Waals surface area contributed by atoms with Crippen LogP contribution >= 0.6 is 0 Å². The Balaban J connectivity index is 1.76. The fourth-order valence-electron chi connectivity index (χ4n) is 4.62. The van der Waals surface area contributed by atoms with Gasteiger partial charge in [0.1, 0.15) is 0 Å². The molecule has 0 N–H and O–H groups in total. The summed E-state index contributed by atoms with van der Waals surface area (Å²) in [5.41, 5.74) is 1.73. The van der Waals surface area contributed by atoms with Crippen LogP contribution in [0.1, 0.15) is 56.1 Å². The number of hydrogen-bond donors (Lipinski definition) is 0. The van der Waals surface area contributed by atoms with Gasteiger partial charge in [-0.2, -0.15) is 0 Å². The first-order chi connectivity index (χ1) is 14.1. The zero-order valence-corrected chi connectivity index (χ0v) is 17.0. The highest BCUT2D eigenvalue weighted by molar-refractivity contribution is 5.94. The Bertz CT molecular complexity index is 895. The summed E-state index contributed by atoms with van der Waals surface area (Å²) in [5, 5.41) is 0. The van der Waals surface area contributed by atoms with E-state index in [-0.39, 0.29) is 17.7 Å². The highest BCUT2D eigenvalue weighted by atomic mass is 16.6. The molecule has 2 heterocycles. The van der Waals surface area contributed by atoms with Gasteiger partial charge in [-0.1, -0.05) is 43.2 Å². The third-order valence-electron chi connectivity index (χ3n) is 5.96. The molecule has 1 amide bonds. The Morgan fingerprint density at radius 3 is 2.62 bits per heavy atom. The highest BCUT2D eigenvalue weighted by Gasteiger charge is 2.62. The first-order valence-corrected chi connectivity index (χ1v) is 10.4. The van der Waals surface area contributed by atoms with Gasteiger partial charge in [0.25, 0.3) is 0 Å². The van der Waals surface area contributed by atoms with Crippen molar-refractivity contribution in [2.24, 2.45) is 0 Å². The maximum absolute atomic E-state index is 12.6. The number of carbonyl (C=O) groups excluding carboxylic acids is 2. The Morgan fingerprint density at radius 2 is 1.90 bits per heavy atom. The minimum atomic E-state index is -0.423. The molecule has 1 aliphatic heterocycles. The lowest BCUT2D eigenvalue weighted by Gasteiger charge is -2.34. The Labute approximate surface area is 170 Å². The number of imidazole rings is 1. The standard InChI is InChI=1S/C22H27N3O4/c1-3-28-20(26)18-19(16-10-6-5-7-11-16)24(15-23-18)17-12-8-9-13-22(17)14-25(22)21(27)29-4-2/h5-7,10-11,15,17H,3-4,8-9,12-14H2,1-2H3. The maximum Gasteiger partial charge on any atom is 0.410 e. The molecule has 2 aromatic rings. The van der Waals surface area contributed by atoms with Gasteiger partial charge in [-0.25, -0.2) is 14.6 Å². The fraction of sp³-hybridized carbons (Fsp3) is 0.500. The minimum absolute atomic E-state index is 0.0477. The number of amides is 1. The summed E-state index contributed by atoms with van der Waals surface area (Å²) in [6.45, 7) is 4.95. The molecular formula is C22H27N3O4. The summed E-state index contributed by atoms with van der Waals surface area (Å²) in [4.78, 5) is 31.3. The highest BCUT2D eigenvalue weighted by Crippen LogP contribution is 2.52. The van der Waals surface area contributed by atoms with Gasteiger partial charge in [-0.3, -0.25) is 4.90 Å². The van der Waals surface area contributed by atoms with Crippen molar-refractivity contribution in [3.63, 3.8) is 0 Å². The van der Waals surface area contributed by atoms with E-state index in [4.69, 9.17) is 9.47 Å². The van der Waals surface area contributed by atoms with Crippen LogP contribution in [0.4, 0.5) is 4.79 Å². The van der Waals surface area contributed by atoms with Gasteiger partial charge in [0.05, 0.1) is 43.4 Å². The van der Waals surface area contributed by atoms with Crippen molar-refractivity contribution in [1.29, 1.82) is 0 Å². The number of ether oxygens (including phenoxy) is 2. The van der Waals surface area contributed by atoms with E-state index >= 15 is 0 Å². The van der Waals surface area contributed by atoms with Crippen LogP contribution in [0, 0.1) is 0 Å². The summed E-state index contributed by atoms with van der Waals surface area (Å²) in [7, 11) is 0. The number of hydrogen-bond acceptors (Lipinski definition) is 5. The lowest BCUT2D eigenvalue weighted by atomic mass is 9.83. The molecule has 2 fully saturated rings. The van der Waals surface area contributed by atoms with Gasteiger partial charge in [-0.15, -0.1) is 0 Å². The number of carbonyl (C=O) groups is 2. The zero-order valence-electron chi connectivity index (χ0n) is 17.0. The molecule has 2 aliphatic rings. The van der Waals surface area contributed by atoms with Gasteiger partial charge >= 0.3 is 12.1 Å². The van der Waals surface area contributed by atoms with Crippen LogP contribution in [0.15, 0.2) is 36.7 Å². The minimum Gasteiger partial charge on any atom is -0.461 e. The van der Waals surface area contributed by atoms with Gasteiger partial charge in [0.2, 0.25) is 0 Å². The van der Waals surface area contributed by atoms with Crippen LogP contribution in [0.5, 0.6) is 0 Å². The molecule has 1 saturated carbocycles. The van der Waals surface area contributed by atoms with Gasteiger partial charge in [0, 0.05) is 5.56 Å². The molecule has 1 saturated heterocycles. The third kappa shape index (κ3) is 3.39. The van der Waals surface area contributed by atoms with Crippen molar-refractivity contribution in [2.75, 3.05) is 19.8 Å². The molecule has 2 unspecified atom stereocenters. The second-order valence-corrected chi connectivity index (χ2v) is 7.59. The second kappa shape index (κ2) is 7.89. The summed E-state index contributed by atoms with van der Waals surface area (Å²) in [6, 6.07) is 9.83. The molecule has 0 radical (unpaired) electrons. The van der Waals surface area contributed by atoms with Crippen LogP contribution in [0.2, 0.25) is 0 Å². The van der Waals surface area contributed by atoms with Gasteiger partial charge in [-0.05, 0) is 26.7 Å². The summed E-state index contributed by atoms with van der Waals surface area (Å²) in [5.74, 6) is -0.423. The molecule has 1 aromatic carbocycles. The van der Waals surface area contributed by atoms with E-state index in [0.717, 1.165) is 36.9 Å². The van der Waals surface area contributed by atoms with E-state index in [2.05, 4.69) is 9.55 Å². The molecule has 7 nitrogen and oxygen atoms in total. The normalized spacial score (nSPS) is 23.1. The van der Waals surface area contributed by atoms with Crippen LogP contribution in [0.3, 0.4) is 0 Å². The monoisotopic (exact) mass is 397 g/mol. The average Bonchev–Trinajstić information content (AvgIpc) is 3.27. The molecule has 1 spiro atoms. The molecule has 2 atom stereocenters. The summed E-state index contributed by atoms with van der Waals surface area (Å²) >= 11 is 0. The smallest absolute Gasteiger partial charge is 0.410 e. The molecule has 7 heteroatoms. The maximum atomic E-state index is 12.6. The number of aromatic nitrogens is 2. The van der Waals surface area contributed by atoms with Crippen molar-refractivity contribution in [2.45, 2.75) is 51.1 Å².